The lowest BCUT2D eigenvalue weighted by Gasteiger charge is -2.41. The van der Waals surface area contributed by atoms with Gasteiger partial charge in [0, 0.05) is 23.8 Å². The molecule has 4 nitrogen and oxygen atoms in total. The first-order valence-corrected chi connectivity index (χ1v) is 6.48. The van der Waals surface area contributed by atoms with E-state index in [1.807, 2.05) is 25.7 Å². The van der Waals surface area contributed by atoms with Gasteiger partial charge in [0.1, 0.15) is 5.69 Å². The summed E-state index contributed by atoms with van der Waals surface area (Å²) in [6, 6.07) is 1.80. The number of amides is 1. The molecular weight excluding hydrogens is 284 g/mol. The van der Waals surface area contributed by atoms with Crippen LogP contribution in [0.4, 0.5) is 0 Å². The molecule has 2 heterocycles. The largest absolute Gasteiger partial charge is 0.369 e. The van der Waals surface area contributed by atoms with E-state index in [1.165, 1.54) is 0 Å². The van der Waals surface area contributed by atoms with Crippen LogP contribution in [-0.2, 0) is 4.74 Å². The van der Waals surface area contributed by atoms with E-state index in [2.05, 4.69) is 20.9 Å². The van der Waals surface area contributed by atoms with E-state index in [0.29, 0.717) is 18.8 Å². The third-order valence-electron chi connectivity index (χ3n) is 2.73. The van der Waals surface area contributed by atoms with Crippen molar-refractivity contribution >= 4 is 21.8 Å². The summed E-state index contributed by atoms with van der Waals surface area (Å²) in [5.74, 6) is 0.0268. The van der Waals surface area contributed by atoms with Crippen molar-refractivity contribution in [1.82, 2.24) is 9.88 Å². The van der Waals surface area contributed by atoms with Crippen molar-refractivity contribution in [2.45, 2.75) is 32.5 Å². The van der Waals surface area contributed by atoms with E-state index in [4.69, 9.17) is 4.74 Å². The van der Waals surface area contributed by atoms with Crippen molar-refractivity contribution in [3.05, 3.63) is 22.4 Å². The first kappa shape index (κ1) is 12.6. The monoisotopic (exact) mass is 300 g/mol. The van der Waals surface area contributed by atoms with E-state index in [1.54, 1.807) is 12.3 Å². The molecule has 1 amide bonds. The number of carbonyl (C=O) groups excluding carboxylic acids is 1. The number of hydrogen-bond acceptors (Lipinski definition) is 2. The van der Waals surface area contributed by atoms with Crippen molar-refractivity contribution in [2.24, 2.45) is 0 Å². The summed E-state index contributed by atoms with van der Waals surface area (Å²) < 4.78 is 6.67. The Morgan fingerprint density at radius 2 is 2.35 bits per heavy atom. The third kappa shape index (κ3) is 2.90. The molecule has 1 N–H and O–H groups in total. The highest BCUT2D eigenvalue weighted by Crippen LogP contribution is 2.22. The SMILES string of the molecule is C[C@H]1CN(C(=O)c2cc(Br)c[nH]2)CC(C)(C)O1. The molecule has 1 aliphatic rings. The van der Waals surface area contributed by atoms with Gasteiger partial charge in [0.2, 0.25) is 0 Å². The van der Waals surface area contributed by atoms with Gasteiger partial charge in [0.25, 0.3) is 5.91 Å². The van der Waals surface area contributed by atoms with Crippen LogP contribution in [0.1, 0.15) is 31.3 Å². The first-order valence-electron chi connectivity index (χ1n) is 5.68. The molecule has 1 aliphatic heterocycles. The molecule has 1 aromatic rings. The summed E-state index contributed by atoms with van der Waals surface area (Å²) in [5, 5.41) is 0. The van der Waals surface area contributed by atoms with Gasteiger partial charge in [0.15, 0.2) is 0 Å². The predicted molar refractivity (Wildman–Crippen MR) is 69.0 cm³/mol. The number of rotatable bonds is 1. The Labute approximate surface area is 109 Å². The number of morpholine rings is 1. The van der Waals surface area contributed by atoms with E-state index < -0.39 is 0 Å². The van der Waals surface area contributed by atoms with Gasteiger partial charge >= 0.3 is 0 Å². The zero-order valence-electron chi connectivity index (χ0n) is 10.3. The molecule has 0 radical (unpaired) electrons. The second-order valence-corrected chi connectivity index (χ2v) is 6.02. The van der Waals surface area contributed by atoms with Crippen molar-refractivity contribution in [1.29, 1.82) is 0 Å². The molecule has 1 saturated heterocycles. The number of halogens is 1. The van der Waals surface area contributed by atoms with Gasteiger partial charge < -0.3 is 14.6 Å². The zero-order valence-corrected chi connectivity index (χ0v) is 11.9. The van der Waals surface area contributed by atoms with Crippen molar-refractivity contribution in [3.8, 4) is 0 Å². The minimum Gasteiger partial charge on any atom is -0.369 e. The van der Waals surface area contributed by atoms with Crippen LogP contribution in [0.2, 0.25) is 0 Å². The van der Waals surface area contributed by atoms with Gasteiger partial charge in [-0.1, -0.05) is 0 Å². The van der Waals surface area contributed by atoms with Crippen LogP contribution >= 0.6 is 15.9 Å². The molecule has 1 atom stereocenters. The maximum atomic E-state index is 12.3. The summed E-state index contributed by atoms with van der Waals surface area (Å²) in [5.41, 5.74) is 0.332. The lowest BCUT2D eigenvalue weighted by atomic mass is 10.1. The molecular formula is C12H17BrN2O2. The third-order valence-corrected chi connectivity index (χ3v) is 3.19. The topological polar surface area (TPSA) is 45.3 Å². The van der Waals surface area contributed by atoms with Crippen LogP contribution in [0.3, 0.4) is 0 Å². The Kier molecular flexibility index (Phi) is 3.32. The average Bonchev–Trinajstić information content (AvgIpc) is 2.60. The predicted octanol–water partition coefficient (Wildman–Crippen LogP) is 2.42. The van der Waals surface area contributed by atoms with Gasteiger partial charge in [-0.15, -0.1) is 0 Å². The Balaban J connectivity index is 2.14. The molecule has 17 heavy (non-hydrogen) atoms. The minimum atomic E-state index is -0.281. The van der Waals surface area contributed by atoms with E-state index in [0.717, 1.165) is 4.47 Å². The van der Waals surface area contributed by atoms with Crippen LogP contribution in [0.15, 0.2) is 16.7 Å². The molecule has 1 fully saturated rings. The van der Waals surface area contributed by atoms with Crippen LogP contribution in [0.5, 0.6) is 0 Å². The van der Waals surface area contributed by atoms with Gasteiger partial charge in [-0.05, 0) is 42.8 Å². The van der Waals surface area contributed by atoms with Crippen molar-refractivity contribution < 1.29 is 9.53 Å². The molecule has 0 unspecified atom stereocenters. The van der Waals surface area contributed by atoms with Gasteiger partial charge in [-0.3, -0.25) is 4.79 Å². The second-order valence-electron chi connectivity index (χ2n) is 5.11. The summed E-state index contributed by atoms with van der Waals surface area (Å²) in [6.45, 7) is 7.26. The number of H-pyrrole nitrogens is 1. The van der Waals surface area contributed by atoms with E-state index in [-0.39, 0.29) is 17.6 Å². The Bertz CT molecular complexity index is 428. The highest BCUT2D eigenvalue weighted by molar-refractivity contribution is 9.10. The number of ether oxygens (including phenoxy) is 1. The fourth-order valence-electron chi connectivity index (χ4n) is 2.27. The summed E-state index contributed by atoms with van der Waals surface area (Å²) in [7, 11) is 0. The maximum Gasteiger partial charge on any atom is 0.270 e. The standard InChI is InChI=1S/C12H17BrN2O2/c1-8-6-15(7-12(2,3)17-8)11(16)10-4-9(13)5-14-10/h4-5,8,14H,6-7H2,1-3H3/t8-/m0/s1. The molecule has 94 valence electrons. The van der Waals surface area contributed by atoms with Crippen LogP contribution in [-0.4, -0.2) is 40.6 Å². The quantitative estimate of drug-likeness (QED) is 0.866. The summed E-state index contributed by atoms with van der Waals surface area (Å²) >= 11 is 3.33. The van der Waals surface area contributed by atoms with Crippen LogP contribution in [0.25, 0.3) is 0 Å². The van der Waals surface area contributed by atoms with E-state index >= 15 is 0 Å². The second kappa shape index (κ2) is 4.46. The number of nitrogens with one attached hydrogen (secondary N) is 1. The lowest BCUT2D eigenvalue weighted by molar-refractivity contribution is -0.118. The molecule has 0 bridgehead atoms. The average molecular weight is 301 g/mol. The Morgan fingerprint density at radius 3 is 2.88 bits per heavy atom. The molecule has 1 aromatic heterocycles. The fourth-order valence-corrected chi connectivity index (χ4v) is 2.61. The molecule has 0 saturated carbocycles. The van der Waals surface area contributed by atoms with Crippen molar-refractivity contribution in [3.63, 3.8) is 0 Å². The number of nitrogens with zero attached hydrogens (tertiary/aromatic N) is 1. The molecule has 0 aliphatic carbocycles. The minimum absolute atomic E-state index is 0.0268. The lowest BCUT2D eigenvalue weighted by Crippen LogP contribution is -2.53. The summed E-state index contributed by atoms with van der Waals surface area (Å²) in [6.07, 6.45) is 1.84. The highest BCUT2D eigenvalue weighted by Gasteiger charge is 2.34. The maximum absolute atomic E-state index is 12.3. The number of aromatic amines is 1. The van der Waals surface area contributed by atoms with Crippen LogP contribution < -0.4 is 0 Å². The summed E-state index contributed by atoms with van der Waals surface area (Å²) in [4.78, 5) is 17.1. The molecule has 0 spiro atoms. The first-order chi connectivity index (χ1) is 7.87. The number of carbonyl (C=O) groups is 1. The highest BCUT2D eigenvalue weighted by atomic mass is 79.9. The van der Waals surface area contributed by atoms with E-state index in [9.17, 15) is 4.79 Å². The van der Waals surface area contributed by atoms with Gasteiger partial charge in [-0.25, -0.2) is 0 Å². The smallest absolute Gasteiger partial charge is 0.270 e. The fraction of sp³-hybridized carbons (Fsp3) is 0.583. The number of aromatic nitrogens is 1. The van der Waals surface area contributed by atoms with Crippen LogP contribution in [0, 0.1) is 0 Å². The molecule has 5 heteroatoms. The van der Waals surface area contributed by atoms with Gasteiger partial charge in [0.05, 0.1) is 11.7 Å². The number of hydrogen-bond donors (Lipinski definition) is 1. The Morgan fingerprint density at radius 1 is 1.65 bits per heavy atom. The molecule has 0 aromatic carbocycles. The normalized spacial score (nSPS) is 23.8. The zero-order chi connectivity index (χ0) is 12.6. The molecule has 2 rings (SSSR count). The Hall–Kier alpha value is -0.810. The van der Waals surface area contributed by atoms with Gasteiger partial charge in [-0.2, -0.15) is 0 Å². The van der Waals surface area contributed by atoms with Crippen molar-refractivity contribution in [2.75, 3.05) is 13.1 Å².